The van der Waals surface area contributed by atoms with E-state index in [1.54, 1.807) is 0 Å². The van der Waals surface area contributed by atoms with Gasteiger partial charge in [-0.15, -0.1) is 0 Å². The molecule has 0 bridgehead atoms. The van der Waals surface area contributed by atoms with Crippen LogP contribution in [0.1, 0.15) is 44.1 Å². The SMILES string of the molecule is O=C(CCc1ccc(Cl)cc1)NCCC1=CCCCC1. The number of aryl methyl sites for hydroxylation is 1. The van der Waals surface area contributed by atoms with Crippen molar-refractivity contribution in [3.8, 4) is 0 Å². The zero-order valence-electron chi connectivity index (χ0n) is 11.8. The quantitative estimate of drug-likeness (QED) is 0.779. The molecule has 108 valence electrons. The third-order valence-corrected chi connectivity index (χ3v) is 3.96. The molecule has 0 aliphatic heterocycles. The van der Waals surface area contributed by atoms with Crippen molar-refractivity contribution in [1.29, 1.82) is 0 Å². The number of hydrogen-bond donors (Lipinski definition) is 1. The Morgan fingerprint density at radius 3 is 2.65 bits per heavy atom. The predicted molar refractivity (Wildman–Crippen MR) is 84.0 cm³/mol. The van der Waals surface area contributed by atoms with E-state index in [0.717, 1.165) is 30.0 Å². The fourth-order valence-electron chi connectivity index (χ4n) is 2.49. The smallest absolute Gasteiger partial charge is 0.220 e. The summed E-state index contributed by atoms with van der Waals surface area (Å²) in [6.45, 7) is 0.769. The maximum Gasteiger partial charge on any atom is 0.220 e. The second-order valence-electron chi connectivity index (χ2n) is 5.33. The second kappa shape index (κ2) is 8.11. The van der Waals surface area contributed by atoms with Gasteiger partial charge in [0, 0.05) is 18.0 Å². The van der Waals surface area contributed by atoms with Gasteiger partial charge >= 0.3 is 0 Å². The zero-order valence-corrected chi connectivity index (χ0v) is 12.6. The molecule has 1 aliphatic carbocycles. The first-order valence-electron chi connectivity index (χ1n) is 7.43. The molecule has 0 atom stereocenters. The molecule has 1 aliphatic rings. The van der Waals surface area contributed by atoms with E-state index < -0.39 is 0 Å². The number of carbonyl (C=O) groups is 1. The van der Waals surface area contributed by atoms with E-state index in [1.165, 1.54) is 31.3 Å². The molecule has 1 aromatic rings. The Labute approximate surface area is 126 Å². The molecule has 2 rings (SSSR count). The average Bonchev–Trinajstić information content (AvgIpc) is 2.48. The van der Waals surface area contributed by atoms with Crippen LogP contribution in [-0.4, -0.2) is 12.5 Å². The number of nitrogens with one attached hydrogen (secondary N) is 1. The van der Waals surface area contributed by atoms with E-state index in [4.69, 9.17) is 11.6 Å². The third-order valence-electron chi connectivity index (χ3n) is 3.71. The second-order valence-corrected chi connectivity index (χ2v) is 5.77. The lowest BCUT2D eigenvalue weighted by molar-refractivity contribution is -0.121. The summed E-state index contributed by atoms with van der Waals surface area (Å²) in [5.74, 6) is 0.136. The van der Waals surface area contributed by atoms with Crippen molar-refractivity contribution in [2.75, 3.05) is 6.54 Å². The molecular weight excluding hydrogens is 270 g/mol. The molecule has 0 unspecified atom stereocenters. The highest BCUT2D eigenvalue weighted by Gasteiger charge is 2.05. The first-order valence-corrected chi connectivity index (χ1v) is 7.81. The van der Waals surface area contributed by atoms with Gasteiger partial charge < -0.3 is 5.32 Å². The van der Waals surface area contributed by atoms with E-state index >= 15 is 0 Å². The lowest BCUT2D eigenvalue weighted by atomic mass is 9.97. The molecule has 0 saturated carbocycles. The first-order chi connectivity index (χ1) is 9.74. The highest BCUT2D eigenvalue weighted by Crippen LogP contribution is 2.19. The lowest BCUT2D eigenvalue weighted by Crippen LogP contribution is -2.25. The van der Waals surface area contributed by atoms with Crippen LogP contribution in [0.4, 0.5) is 0 Å². The summed E-state index contributed by atoms with van der Waals surface area (Å²) in [5.41, 5.74) is 2.66. The normalized spacial score (nSPS) is 14.8. The number of benzene rings is 1. The molecule has 1 aromatic carbocycles. The van der Waals surface area contributed by atoms with Crippen molar-refractivity contribution in [3.05, 3.63) is 46.5 Å². The topological polar surface area (TPSA) is 29.1 Å². The fraction of sp³-hybridized carbons (Fsp3) is 0.471. The van der Waals surface area contributed by atoms with Gasteiger partial charge in [0.2, 0.25) is 5.91 Å². The molecule has 20 heavy (non-hydrogen) atoms. The molecule has 1 amide bonds. The highest BCUT2D eigenvalue weighted by molar-refractivity contribution is 6.30. The van der Waals surface area contributed by atoms with E-state index in [2.05, 4.69) is 11.4 Å². The number of halogens is 1. The summed E-state index contributed by atoms with van der Waals surface area (Å²) in [4.78, 5) is 11.8. The molecular formula is C17H22ClNO. The summed E-state index contributed by atoms with van der Waals surface area (Å²) in [5, 5.41) is 3.74. The molecule has 0 fully saturated rings. The number of hydrogen-bond acceptors (Lipinski definition) is 1. The summed E-state index contributed by atoms with van der Waals surface area (Å²) in [6.07, 6.45) is 9.69. The summed E-state index contributed by atoms with van der Waals surface area (Å²) in [7, 11) is 0. The van der Waals surface area contributed by atoms with Crippen LogP contribution in [0.25, 0.3) is 0 Å². The molecule has 0 heterocycles. The fourth-order valence-corrected chi connectivity index (χ4v) is 2.62. The number of allylic oxidation sites excluding steroid dienone is 1. The minimum atomic E-state index is 0.136. The van der Waals surface area contributed by atoms with E-state index in [-0.39, 0.29) is 5.91 Å². The van der Waals surface area contributed by atoms with Crippen molar-refractivity contribution < 1.29 is 4.79 Å². The molecule has 1 N–H and O–H groups in total. The largest absolute Gasteiger partial charge is 0.356 e. The zero-order chi connectivity index (χ0) is 14.2. The number of rotatable bonds is 6. The molecule has 0 spiro atoms. The van der Waals surface area contributed by atoms with Crippen LogP contribution in [0.15, 0.2) is 35.9 Å². The van der Waals surface area contributed by atoms with E-state index in [9.17, 15) is 4.79 Å². The van der Waals surface area contributed by atoms with Gasteiger partial charge in [0.25, 0.3) is 0 Å². The predicted octanol–water partition coefficient (Wildman–Crippen LogP) is 4.28. The van der Waals surface area contributed by atoms with Crippen molar-refractivity contribution in [2.45, 2.75) is 44.9 Å². The van der Waals surface area contributed by atoms with Gasteiger partial charge in [-0.25, -0.2) is 0 Å². The van der Waals surface area contributed by atoms with Crippen LogP contribution in [0.3, 0.4) is 0 Å². The average molecular weight is 292 g/mol. The monoisotopic (exact) mass is 291 g/mol. The lowest BCUT2D eigenvalue weighted by Gasteiger charge is -2.12. The van der Waals surface area contributed by atoms with Crippen LogP contribution in [0, 0.1) is 0 Å². The molecule has 2 nitrogen and oxygen atoms in total. The minimum absolute atomic E-state index is 0.136. The van der Waals surface area contributed by atoms with Gasteiger partial charge in [0.15, 0.2) is 0 Å². The molecule has 0 saturated heterocycles. The number of carbonyl (C=O) groups excluding carboxylic acids is 1. The Morgan fingerprint density at radius 2 is 1.95 bits per heavy atom. The molecule has 3 heteroatoms. The molecule has 0 radical (unpaired) electrons. The van der Waals surface area contributed by atoms with Crippen LogP contribution in [0.5, 0.6) is 0 Å². The summed E-state index contributed by atoms with van der Waals surface area (Å²) < 4.78 is 0. The Hall–Kier alpha value is -1.28. The van der Waals surface area contributed by atoms with Gasteiger partial charge in [0.05, 0.1) is 0 Å². The Bertz CT molecular complexity index is 464. The Morgan fingerprint density at radius 1 is 1.15 bits per heavy atom. The third kappa shape index (κ3) is 5.38. The van der Waals surface area contributed by atoms with E-state index in [1.807, 2.05) is 24.3 Å². The van der Waals surface area contributed by atoms with Crippen LogP contribution in [0.2, 0.25) is 5.02 Å². The minimum Gasteiger partial charge on any atom is -0.356 e. The highest BCUT2D eigenvalue weighted by atomic mass is 35.5. The van der Waals surface area contributed by atoms with Crippen LogP contribution in [-0.2, 0) is 11.2 Å². The van der Waals surface area contributed by atoms with Gasteiger partial charge in [-0.05, 0) is 56.2 Å². The standard InChI is InChI=1S/C17H22ClNO/c18-16-9-6-15(7-10-16)8-11-17(20)19-13-12-14-4-2-1-3-5-14/h4,6-7,9-10H,1-3,5,8,11-13H2,(H,19,20). The van der Waals surface area contributed by atoms with Crippen molar-refractivity contribution >= 4 is 17.5 Å². The van der Waals surface area contributed by atoms with Gasteiger partial charge in [-0.2, -0.15) is 0 Å². The van der Waals surface area contributed by atoms with E-state index in [0.29, 0.717) is 6.42 Å². The number of amides is 1. The van der Waals surface area contributed by atoms with Crippen LogP contribution < -0.4 is 5.32 Å². The van der Waals surface area contributed by atoms with Gasteiger partial charge in [-0.1, -0.05) is 35.4 Å². The Kier molecular flexibility index (Phi) is 6.13. The van der Waals surface area contributed by atoms with Crippen molar-refractivity contribution in [2.24, 2.45) is 0 Å². The Balaban J connectivity index is 1.62. The van der Waals surface area contributed by atoms with Crippen molar-refractivity contribution in [1.82, 2.24) is 5.32 Å². The summed E-state index contributed by atoms with van der Waals surface area (Å²) in [6, 6.07) is 7.68. The maximum absolute atomic E-state index is 11.8. The molecule has 0 aromatic heterocycles. The van der Waals surface area contributed by atoms with Crippen molar-refractivity contribution in [3.63, 3.8) is 0 Å². The van der Waals surface area contributed by atoms with Gasteiger partial charge in [0.1, 0.15) is 0 Å². The van der Waals surface area contributed by atoms with Gasteiger partial charge in [-0.3, -0.25) is 4.79 Å². The maximum atomic E-state index is 11.8. The summed E-state index contributed by atoms with van der Waals surface area (Å²) >= 11 is 5.83. The van der Waals surface area contributed by atoms with Crippen LogP contribution >= 0.6 is 11.6 Å². The first kappa shape index (κ1) is 15.1.